The Morgan fingerprint density at radius 2 is 1.63 bits per heavy atom. The van der Waals surface area contributed by atoms with E-state index in [2.05, 4.69) is 4.90 Å². The van der Waals surface area contributed by atoms with E-state index in [1.807, 2.05) is 7.05 Å². The summed E-state index contributed by atoms with van der Waals surface area (Å²) in [7, 11) is -1.65. The van der Waals surface area contributed by atoms with Crippen molar-refractivity contribution in [2.45, 2.75) is 11.8 Å². The van der Waals surface area contributed by atoms with Gasteiger partial charge in [0.25, 0.3) is 5.69 Å². The molecular formula is C18H20FN3O4S. The Morgan fingerprint density at radius 1 is 1.04 bits per heavy atom. The van der Waals surface area contributed by atoms with Crippen LogP contribution in [0.3, 0.4) is 0 Å². The normalized spacial score (nSPS) is 16.4. The smallest absolute Gasteiger partial charge is 0.275 e. The zero-order chi connectivity index (χ0) is 19.8. The highest BCUT2D eigenvalue weighted by Gasteiger charge is 2.27. The van der Waals surface area contributed by atoms with Crippen molar-refractivity contribution >= 4 is 15.7 Å². The molecule has 0 bridgehead atoms. The lowest BCUT2D eigenvalue weighted by Gasteiger charge is -2.31. The van der Waals surface area contributed by atoms with Gasteiger partial charge in [0.15, 0.2) is 0 Å². The van der Waals surface area contributed by atoms with Crippen LogP contribution in [0.4, 0.5) is 10.1 Å². The Kier molecular flexibility index (Phi) is 5.27. The minimum absolute atomic E-state index is 0.0296. The molecule has 2 aromatic rings. The lowest BCUT2D eigenvalue weighted by atomic mass is 10.0. The fourth-order valence-electron chi connectivity index (χ4n) is 3.02. The number of nitrogens with zero attached hydrogens (tertiary/aromatic N) is 3. The first-order valence-electron chi connectivity index (χ1n) is 8.44. The molecule has 27 heavy (non-hydrogen) atoms. The maximum absolute atomic E-state index is 14.0. The summed E-state index contributed by atoms with van der Waals surface area (Å²) in [6.45, 7) is 3.54. The number of rotatable bonds is 4. The molecule has 1 aliphatic heterocycles. The van der Waals surface area contributed by atoms with E-state index in [-0.39, 0.29) is 16.1 Å². The number of benzene rings is 2. The van der Waals surface area contributed by atoms with Gasteiger partial charge in [0.2, 0.25) is 10.0 Å². The van der Waals surface area contributed by atoms with Crippen molar-refractivity contribution in [2.75, 3.05) is 33.2 Å². The molecule has 0 N–H and O–H groups in total. The molecule has 0 atom stereocenters. The lowest BCUT2D eigenvalue weighted by molar-refractivity contribution is -0.385. The maximum atomic E-state index is 14.0. The molecule has 0 saturated carbocycles. The largest absolute Gasteiger partial charge is 0.304 e. The minimum atomic E-state index is -3.60. The topological polar surface area (TPSA) is 83.8 Å². The maximum Gasteiger partial charge on any atom is 0.275 e. The number of nitro benzene ring substituents is 1. The van der Waals surface area contributed by atoms with Crippen molar-refractivity contribution in [1.29, 1.82) is 0 Å². The van der Waals surface area contributed by atoms with Gasteiger partial charge in [-0.3, -0.25) is 10.1 Å². The second-order valence-corrected chi connectivity index (χ2v) is 8.53. The molecule has 1 aliphatic rings. The number of hydrogen-bond donors (Lipinski definition) is 0. The molecule has 1 saturated heterocycles. The van der Waals surface area contributed by atoms with Crippen molar-refractivity contribution in [3.05, 3.63) is 57.9 Å². The van der Waals surface area contributed by atoms with Gasteiger partial charge in [-0.25, -0.2) is 12.8 Å². The summed E-state index contributed by atoms with van der Waals surface area (Å²) in [6, 6.07) is 8.49. The number of hydrogen-bond acceptors (Lipinski definition) is 5. The van der Waals surface area contributed by atoms with Gasteiger partial charge in [-0.1, -0.05) is 12.1 Å². The first kappa shape index (κ1) is 19.4. The van der Waals surface area contributed by atoms with Crippen molar-refractivity contribution in [1.82, 2.24) is 9.21 Å². The van der Waals surface area contributed by atoms with E-state index in [1.165, 1.54) is 47.6 Å². The van der Waals surface area contributed by atoms with Crippen LogP contribution in [0.5, 0.6) is 0 Å². The average Bonchev–Trinajstić information content (AvgIpc) is 2.64. The standard InChI is InChI=1S/C18H20FN3O4S/c1-13-17(19)11-15(12-18(13)22(23)24)14-3-5-16(6-4-14)27(25,26)21-9-7-20(2)8-10-21/h3-6,11-12H,7-10H2,1-2H3. The highest BCUT2D eigenvalue weighted by atomic mass is 32.2. The van der Waals surface area contributed by atoms with E-state index in [1.54, 1.807) is 0 Å². The molecule has 1 fully saturated rings. The molecule has 0 unspecified atom stereocenters. The Bertz CT molecular complexity index is 969. The summed E-state index contributed by atoms with van der Waals surface area (Å²) in [5.41, 5.74) is 0.500. The van der Waals surface area contributed by atoms with E-state index in [0.717, 1.165) is 0 Å². The molecular weight excluding hydrogens is 373 g/mol. The van der Waals surface area contributed by atoms with Crippen molar-refractivity contribution in [3.8, 4) is 11.1 Å². The molecule has 0 aromatic heterocycles. The molecule has 144 valence electrons. The van der Waals surface area contributed by atoms with Gasteiger partial charge in [0.05, 0.1) is 15.4 Å². The molecule has 7 nitrogen and oxygen atoms in total. The average molecular weight is 393 g/mol. The van der Waals surface area contributed by atoms with Crippen molar-refractivity contribution < 1.29 is 17.7 Å². The number of nitro groups is 1. The lowest BCUT2D eigenvalue weighted by Crippen LogP contribution is -2.46. The van der Waals surface area contributed by atoms with Gasteiger partial charge >= 0.3 is 0 Å². The number of likely N-dealkylation sites (N-methyl/N-ethyl adjacent to an activating group) is 1. The first-order chi connectivity index (χ1) is 12.7. The zero-order valence-corrected chi connectivity index (χ0v) is 15.9. The predicted octanol–water partition coefficient (Wildman–Crippen LogP) is 2.65. The first-order valence-corrected chi connectivity index (χ1v) is 9.88. The summed E-state index contributed by atoms with van der Waals surface area (Å²) in [4.78, 5) is 12.7. The van der Waals surface area contributed by atoms with Crippen LogP contribution < -0.4 is 0 Å². The van der Waals surface area contributed by atoms with Crippen LogP contribution in [0.2, 0.25) is 0 Å². The molecule has 0 spiro atoms. The van der Waals surface area contributed by atoms with Crippen molar-refractivity contribution in [2.24, 2.45) is 0 Å². The van der Waals surface area contributed by atoms with Crippen LogP contribution in [-0.4, -0.2) is 55.8 Å². The second-order valence-electron chi connectivity index (χ2n) is 6.59. The fourth-order valence-corrected chi connectivity index (χ4v) is 4.44. The minimum Gasteiger partial charge on any atom is -0.304 e. The fraction of sp³-hybridized carbons (Fsp3) is 0.333. The van der Waals surface area contributed by atoms with E-state index in [0.29, 0.717) is 37.3 Å². The number of halogens is 1. The highest BCUT2D eigenvalue weighted by molar-refractivity contribution is 7.89. The molecule has 2 aromatic carbocycles. The van der Waals surface area contributed by atoms with Crippen LogP contribution >= 0.6 is 0 Å². The van der Waals surface area contributed by atoms with Gasteiger partial charge in [-0.15, -0.1) is 0 Å². The third-order valence-corrected chi connectivity index (χ3v) is 6.71. The zero-order valence-electron chi connectivity index (χ0n) is 15.1. The molecule has 3 rings (SSSR count). The molecule has 0 radical (unpaired) electrons. The van der Waals surface area contributed by atoms with Gasteiger partial charge in [-0.2, -0.15) is 4.31 Å². The third kappa shape index (κ3) is 3.85. The van der Waals surface area contributed by atoms with Gasteiger partial charge in [0.1, 0.15) is 5.82 Å². The molecule has 0 amide bonds. The van der Waals surface area contributed by atoms with Crippen LogP contribution in [0.1, 0.15) is 5.56 Å². The highest BCUT2D eigenvalue weighted by Crippen LogP contribution is 2.30. The summed E-state index contributed by atoms with van der Waals surface area (Å²) in [5, 5.41) is 11.1. The van der Waals surface area contributed by atoms with Crippen molar-refractivity contribution in [3.63, 3.8) is 0 Å². The Hall–Kier alpha value is -2.36. The molecule has 0 aliphatic carbocycles. The monoisotopic (exact) mass is 393 g/mol. The van der Waals surface area contributed by atoms with E-state index in [4.69, 9.17) is 0 Å². The van der Waals surface area contributed by atoms with Gasteiger partial charge in [-0.05, 0) is 43.3 Å². The molecule has 9 heteroatoms. The summed E-state index contributed by atoms with van der Waals surface area (Å²) in [5.74, 6) is -0.673. The van der Waals surface area contributed by atoms with Crippen LogP contribution in [0, 0.1) is 22.9 Å². The second kappa shape index (κ2) is 7.34. The van der Waals surface area contributed by atoms with Gasteiger partial charge < -0.3 is 4.90 Å². The van der Waals surface area contributed by atoms with E-state index in [9.17, 15) is 22.9 Å². The Morgan fingerprint density at radius 3 is 2.19 bits per heavy atom. The predicted molar refractivity (Wildman–Crippen MR) is 99.5 cm³/mol. The SMILES string of the molecule is Cc1c(F)cc(-c2ccc(S(=O)(=O)N3CCN(C)CC3)cc2)cc1[N+](=O)[O-]. The van der Waals surface area contributed by atoms with E-state index >= 15 is 0 Å². The Balaban J connectivity index is 1.91. The Labute approximate surface area is 157 Å². The number of sulfonamides is 1. The summed E-state index contributed by atoms with van der Waals surface area (Å²) < 4.78 is 40.9. The third-order valence-electron chi connectivity index (χ3n) is 4.80. The van der Waals surface area contributed by atoms with E-state index < -0.39 is 20.8 Å². The van der Waals surface area contributed by atoms with Crippen LogP contribution in [-0.2, 0) is 10.0 Å². The quantitative estimate of drug-likeness (QED) is 0.589. The van der Waals surface area contributed by atoms with Crippen LogP contribution in [0.15, 0.2) is 41.3 Å². The number of piperazine rings is 1. The van der Waals surface area contributed by atoms with Gasteiger partial charge in [0, 0.05) is 32.2 Å². The van der Waals surface area contributed by atoms with Crippen LogP contribution in [0.25, 0.3) is 11.1 Å². The summed E-state index contributed by atoms with van der Waals surface area (Å²) in [6.07, 6.45) is 0. The summed E-state index contributed by atoms with van der Waals surface area (Å²) >= 11 is 0. The molecule has 1 heterocycles.